The quantitative estimate of drug-likeness (QED) is 0.539. The first-order chi connectivity index (χ1) is 14.4. The van der Waals surface area contributed by atoms with E-state index in [1.807, 2.05) is 74.0 Å². The number of thioether (sulfide) groups is 1. The van der Waals surface area contributed by atoms with Gasteiger partial charge in [-0.3, -0.25) is 9.59 Å². The van der Waals surface area contributed by atoms with Crippen molar-refractivity contribution in [3.63, 3.8) is 0 Å². The second-order valence-corrected chi connectivity index (χ2v) is 7.90. The van der Waals surface area contributed by atoms with Gasteiger partial charge in [-0.15, -0.1) is 10.2 Å². The highest BCUT2D eigenvalue weighted by molar-refractivity contribution is 7.99. The lowest BCUT2D eigenvalue weighted by Gasteiger charge is -2.10. The fourth-order valence-electron chi connectivity index (χ4n) is 2.86. The summed E-state index contributed by atoms with van der Waals surface area (Å²) in [4.78, 5) is 24.4. The molecule has 0 atom stereocenters. The molecule has 8 heteroatoms. The number of hydrogen-bond donors (Lipinski definition) is 2. The SMILES string of the molecule is Cc1cccc(NC(=O)CCc2nnc(SCC(=O)Nc3ccccc3)n2C)c1C. The number of aromatic nitrogens is 3. The first-order valence-corrected chi connectivity index (χ1v) is 10.6. The van der Waals surface area contributed by atoms with Gasteiger partial charge in [0.25, 0.3) is 0 Å². The van der Waals surface area contributed by atoms with Crippen molar-refractivity contribution < 1.29 is 9.59 Å². The van der Waals surface area contributed by atoms with E-state index in [0.29, 0.717) is 23.8 Å². The van der Waals surface area contributed by atoms with Crippen LogP contribution >= 0.6 is 11.8 Å². The van der Waals surface area contributed by atoms with E-state index in [1.165, 1.54) is 11.8 Å². The van der Waals surface area contributed by atoms with Crippen LogP contribution in [-0.4, -0.2) is 32.3 Å². The van der Waals surface area contributed by atoms with Crippen molar-refractivity contribution in [2.75, 3.05) is 16.4 Å². The van der Waals surface area contributed by atoms with Crippen molar-refractivity contribution in [3.05, 3.63) is 65.5 Å². The van der Waals surface area contributed by atoms with Crippen molar-refractivity contribution in [3.8, 4) is 0 Å². The predicted molar refractivity (Wildman–Crippen MR) is 120 cm³/mol. The number of nitrogens with one attached hydrogen (secondary N) is 2. The molecule has 30 heavy (non-hydrogen) atoms. The first kappa shape index (κ1) is 21.6. The minimum Gasteiger partial charge on any atom is -0.326 e. The van der Waals surface area contributed by atoms with Crippen molar-refractivity contribution in [1.29, 1.82) is 0 Å². The van der Waals surface area contributed by atoms with Gasteiger partial charge >= 0.3 is 0 Å². The molecule has 0 radical (unpaired) electrons. The van der Waals surface area contributed by atoms with Gasteiger partial charge in [-0.2, -0.15) is 0 Å². The topological polar surface area (TPSA) is 88.9 Å². The number of nitrogens with zero attached hydrogens (tertiary/aromatic N) is 3. The highest BCUT2D eigenvalue weighted by Crippen LogP contribution is 2.19. The number of aryl methyl sites for hydroxylation is 2. The third-order valence-electron chi connectivity index (χ3n) is 4.77. The molecule has 2 aromatic carbocycles. The summed E-state index contributed by atoms with van der Waals surface area (Å²) < 4.78 is 1.83. The van der Waals surface area contributed by atoms with E-state index in [2.05, 4.69) is 20.8 Å². The standard InChI is InChI=1S/C22H25N5O2S/c1-15-8-7-11-18(16(15)2)24-20(28)13-12-19-25-26-22(27(19)3)30-14-21(29)23-17-9-5-4-6-10-17/h4-11H,12-14H2,1-3H3,(H,23,29)(H,24,28). The number of benzene rings is 2. The summed E-state index contributed by atoms with van der Waals surface area (Å²) in [6, 6.07) is 15.2. The highest BCUT2D eigenvalue weighted by Gasteiger charge is 2.13. The first-order valence-electron chi connectivity index (χ1n) is 9.66. The van der Waals surface area contributed by atoms with Gasteiger partial charge < -0.3 is 15.2 Å². The van der Waals surface area contributed by atoms with Gasteiger partial charge in [0.1, 0.15) is 5.82 Å². The Hall–Kier alpha value is -3.13. The lowest BCUT2D eigenvalue weighted by molar-refractivity contribution is -0.116. The Balaban J connectivity index is 1.49. The van der Waals surface area contributed by atoms with E-state index in [0.717, 1.165) is 22.5 Å². The number of anilines is 2. The van der Waals surface area contributed by atoms with Gasteiger partial charge in [-0.1, -0.05) is 42.1 Å². The van der Waals surface area contributed by atoms with Gasteiger partial charge in [0, 0.05) is 31.3 Å². The molecule has 0 aliphatic rings. The Labute approximate surface area is 180 Å². The van der Waals surface area contributed by atoms with Gasteiger partial charge in [0.05, 0.1) is 5.75 Å². The van der Waals surface area contributed by atoms with Crippen molar-refractivity contribution in [2.24, 2.45) is 7.05 Å². The second-order valence-electron chi connectivity index (χ2n) is 6.96. The Bertz CT molecular complexity index is 1030. The van der Waals surface area contributed by atoms with Crippen LogP contribution in [0.5, 0.6) is 0 Å². The Morgan fingerprint density at radius 2 is 1.73 bits per heavy atom. The molecule has 3 aromatic rings. The van der Waals surface area contributed by atoms with E-state index >= 15 is 0 Å². The molecule has 0 bridgehead atoms. The molecule has 3 rings (SSSR count). The second kappa shape index (κ2) is 10.1. The maximum absolute atomic E-state index is 12.3. The number of para-hydroxylation sites is 1. The monoisotopic (exact) mass is 423 g/mol. The molecular weight excluding hydrogens is 398 g/mol. The molecular formula is C22H25N5O2S. The molecule has 0 aliphatic carbocycles. The van der Waals surface area contributed by atoms with Crippen LogP contribution in [0, 0.1) is 13.8 Å². The van der Waals surface area contributed by atoms with E-state index in [9.17, 15) is 9.59 Å². The van der Waals surface area contributed by atoms with E-state index in [-0.39, 0.29) is 17.6 Å². The minimum atomic E-state index is -0.108. The van der Waals surface area contributed by atoms with Crippen LogP contribution in [0.4, 0.5) is 11.4 Å². The number of carbonyl (C=O) groups is 2. The zero-order chi connectivity index (χ0) is 21.5. The smallest absolute Gasteiger partial charge is 0.234 e. The lowest BCUT2D eigenvalue weighted by atomic mass is 10.1. The third kappa shape index (κ3) is 5.70. The zero-order valence-electron chi connectivity index (χ0n) is 17.3. The molecule has 0 saturated heterocycles. The van der Waals surface area contributed by atoms with E-state index in [1.54, 1.807) is 0 Å². The molecule has 2 N–H and O–H groups in total. The van der Waals surface area contributed by atoms with Crippen LogP contribution < -0.4 is 10.6 Å². The Morgan fingerprint density at radius 3 is 2.50 bits per heavy atom. The molecule has 0 fully saturated rings. The van der Waals surface area contributed by atoms with Crippen LogP contribution in [-0.2, 0) is 23.1 Å². The van der Waals surface area contributed by atoms with Gasteiger partial charge in [0.2, 0.25) is 11.8 Å². The summed E-state index contributed by atoms with van der Waals surface area (Å²) in [5.41, 5.74) is 3.80. The van der Waals surface area contributed by atoms with Crippen molar-refractivity contribution in [1.82, 2.24) is 14.8 Å². The van der Waals surface area contributed by atoms with Crippen molar-refractivity contribution in [2.45, 2.75) is 31.8 Å². The number of carbonyl (C=O) groups excluding carboxylic acids is 2. The summed E-state index contributed by atoms with van der Waals surface area (Å²) in [5, 5.41) is 14.8. The van der Waals surface area contributed by atoms with Crippen LogP contribution in [0.25, 0.3) is 0 Å². The Kier molecular flexibility index (Phi) is 7.24. The lowest BCUT2D eigenvalue weighted by Crippen LogP contribution is -2.15. The number of amides is 2. The highest BCUT2D eigenvalue weighted by atomic mass is 32.2. The molecule has 0 spiro atoms. The molecule has 0 saturated carbocycles. The molecule has 1 heterocycles. The van der Waals surface area contributed by atoms with E-state index < -0.39 is 0 Å². The zero-order valence-corrected chi connectivity index (χ0v) is 18.1. The Morgan fingerprint density at radius 1 is 0.967 bits per heavy atom. The summed E-state index contributed by atoms with van der Waals surface area (Å²) in [7, 11) is 1.84. The largest absolute Gasteiger partial charge is 0.326 e. The molecule has 7 nitrogen and oxygen atoms in total. The van der Waals surface area contributed by atoms with Crippen molar-refractivity contribution >= 4 is 35.0 Å². The van der Waals surface area contributed by atoms with Gasteiger partial charge in [0.15, 0.2) is 5.16 Å². The molecule has 156 valence electrons. The molecule has 1 aromatic heterocycles. The van der Waals surface area contributed by atoms with Crippen LogP contribution in [0.15, 0.2) is 53.7 Å². The minimum absolute atomic E-state index is 0.0665. The summed E-state index contributed by atoms with van der Waals surface area (Å²) in [5.74, 6) is 0.762. The summed E-state index contributed by atoms with van der Waals surface area (Å²) >= 11 is 1.31. The number of hydrogen-bond acceptors (Lipinski definition) is 5. The summed E-state index contributed by atoms with van der Waals surface area (Å²) in [6.45, 7) is 4.01. The third-order valence-corrected chi connectivity index (χ3v) is 5.79. The van der Waals surface area contributed by atoms with Gasteiger partial charge in [-0.05, 0) is 43.2 Å². The number of rotatable bonds is 8. The predicted octanol–water partition coefficient (Wildman–Crippen LogP) is 3.73. The molecule has 0 unspecified atom stereocenters. The van der Waals surface area contributed by atoms with E-state index in [4.69, 9.17) is 0 Å². The van der Waals surface area contributed by atoms with Gasteiger partial charge in [-0.25, -0.2) is 0 Å². The molecule has 0 aliphatic heterocycles. The van der Waals surface area contributed by atoms with Crippen LogP contribution in [0.2, 0.25) is 0 Å². The summed E-state index contributed by atoms with van der Waals surface area (Å²) in [6.07, 6.45) is 0.773. The normalized spacial score (nSPS) is 10.6. The fourth-order valence-corrected chi connectivity index (χ4v) is 3.59. The van der Waals surface area contributed by atoms with Crippen LogP contribution in [0.3, 0.4) is 0 Å². The van der Waals surface area contributed by atoms with Crippen LogP contribution in [0.1, 0.15) is 23.4 Å². The molecule has 2 amide bonds. The fraction of sp³-hybridized carbons (Fsp3) is 0.273. The maximum Gasteiger partial charge on any atom is 0.234 e. The average Bonchev–Trinajstić information content (AvgIpc) is 3.08. The maximum atomic E-state index is 12.3. The average molecular weight is 424 g/mol.